The number of halogens is 1. The predicted molar refractivity (Wildman–Crippen MR) is 76.6 cm³/mol. The summed E-state index contributed by atoms with van der Waals surface area (Å²) >= 11 is 1.70. The van der Waals surface area contributed by atoms with Gasteiger partial charge in [-0.25, -0.2) is 4.79 Å². The molecule has 1 aliphatic heterocycles. The van der Waals surface area contributed by atoms with Crippen LogP contribution in [0.4, 0.5) is 0 Å². The van der Waals surface area contributed by atoms with E-state index < -0.39 is 59.0 Å². The van der Waals surface area contributed by atoms with Crippen LogP contribution >= 0.6 is 22.6 Å². The highest BCUT2D eigenvalue weighted by Gasteiger charge is 2.53. The molecule has 0 spiro atoms. The van der Waals surface area contributed by atoms with Gasteiger partial charge in [0.1, 0.15) is 0 Å². The summed E-state index contributed by atoms with van der Waals surface area (Å²) in [5.74, 6) is -4.80. The first-order valence-corrected chi connectivity index (χ1v) is 7.38. The minimum absolute atomic E-state index is 0.490. The maximum absolute atomic E-state index is 11.2. The number of carboxylic acids is 1. The van der Waals surface area contributed by atoms with Gasteiger partial charge in [0.2, 0.25) is 5.91 Å². The quantitative estimate of drug-likeness (QED) is 0.212. The van der Waals surface area contributed by atoms with Gasteiger partial charge in [-0.15, -0.1) is 0 Å². The SMILES string of the molecule is CC(=O)N[C@H]1C(C(I)C(O)CO)O[C@](O)(C(=O)O)C[C@H]1O. The van der Waals surface area contributed by atoms with E-state index >= 15 is 0 Å². The largest absolute Gasteiger partial charge is 0.477 e. The summed E-state index contributed by atoms with van der Waals surface area (Å²) < 4.78 is 4.24. The number of amides is 1. The Morgan fingerprint density at radius 2 is 2.10 bits per heavy atom. The Kier molecular flexibility index (Phi) is 6.31. The molecule has 1 fully saturated rings. The van der Waals surface area contributed by atoms with Gasteiger partial charge in [-0.1, -0.05) is 22.6 Å². The van der Waals surface area contributed by atoms with Crippen LogP contribution in [0.2, 0.25) is 0 Å². The number of carbonyl (C=O) groups excluding carboxylic acids is 1. The molecule has 0 radical (unpaired) electrons. The van der Waals surface area contributed by atoms with Crippen molar-refractivity contribution in [1.82, 2.24) is 5.32 Å². The predicted octanol–water partition coefficient (Wildman–Crippen LogP) is -2.43. The fourth-order valence-electron chi connectivity index (χ4n) is 2.11. The average molecular weight is 419 g/mol. The maximum Gasteiger partial charge on any atom is 0.364 e. The minimum atomic E-state index is -2.63. The zero-order valence-corrected chi connectivity index (χ0v) is 13.3. The highest BCUT2D eigenvalue weighted by atomic mass is 127. The Morgan fingerprint density at radius 1 is 1.52 bits per heavy atom. The number of hydrogen-bond donors (Lipinski definition) is 6. The molecule has 6 atom stereocenters. The summed E-state index contributed by atoms with van der Waals surface area (Å²) in [4.78, 5) is 22.3. The van der Waals surface area contributed by atoms with Gasteiger partial charge in [-0.2, -0.15) is 0 Å². The van der Waals surface area contributed by atoms with Crippen molar-refractivity contribution in [2.45, 2.75) is 47.4 Å². The molecule has 0 aromatic carbocycles. The van der Waals surface area contributed by atoms with Crippen LogP contribution in [0.1, 0.15) is 13.3 Å². The molecule has 0 bridgehead atoms. The summed E-state index contributed by atoms with van der Waals surface area (Å²) in [7, 11) is 0. The molecule has 0 aliphatic carbocycles. The standard InChI is InChI=1S/C11H18INO8/c1-4(15)13-8-5(16)2-11(20,10(18)19)21-9(8)7(12)6(17)3-14/h5-9,14,16-17,20H,2-3H2,1H3,(H,13,15)(H,18,19)/t5-,6?,7?,8-,9?,11+/m1/s1. The summed E-state index contributed by atoms with van der Waals surface area (Å²) in [5, 5.41) is 49.9. The van der Waals surface area contributed by atoms with Crippen molar-refractivity contribution in [3.8, 4) is 0 Å². The zero-order chi connectivity index (χ0) is 16.4. The van der Waals surface area contributed by atoms with Crippen molar-refractivity contribution in [1.29, 1.82) is 0 Å². The van der Waals surface area contributed by atoms with Gasteiger partial charge < -0.3 is 35.6 Å². The second-order valence-electron chi connectivity index (χ2n) is 4.86. The van der Waals surface area contributed by atoms with Gasteiger partial charge in [0, 0.05) is 13.3 Å². The molecule has 21 heavy (non-hydrogen) atoms. The Bertz CT molecular complexity index is 408. The second kappa shape index (κ2) is 7.15. The van der Waals surface area contributed by atoms with Gasteiger partial charge in [-0.3, -0.25) is 4.79 Å². The molecule has 9 nitrogen and oxygen atoms in total. The van der Waals surface area contributed by atoms with E-state index in [1.54, 1.807) is 22.6 Å². The molecular formula is C11H18INO8. The number of nitrogens with one attached hydrogen (secondary N) is 1. The van der Waals surface area contributed by atoms with Crippen molar-refractivity contribution < 1.29 is 39.9 Å². The van der Waals surface area contributed by atoms with Gasteiger partial charge >= 0.3 is 5.97 Å². The number of aliphatic hydroxyl groups is 4. The molecule has 1 amide bonds. The first-order chi connectivity index (χ1) is 9.62. The van der Waals surface area contributed by atoms with Crippen molar-refractivity contribution in [3.05, 3.63) is 0 Å². The monoisotopic (exact) mass is 419 g/mol. The van der Waals surface area contributed by atoms with Crippen LogP contribution in [0.3, 0.4) is 0 Å². The summed E-state index contributed by atoms with van der Waals surface area (Å²) in [6.45, 7) is 0.578. The molecule has 1 rings (SSSR count). The molecule has 1 saturated heterocycles. The van der Waals surface area contributed by atoms with Crippen LogP contribution in [0, 0.1) is 0 Å². The van der Waals surface area contributed by atoms with Crippen LogP contribution in [0.15, 0.2) is 0 Å². The summed E-state index contributed by atoms with van der Waals surface area (Å²) in [6.07, 6.45) is -4.52. The molecule has 0 aromatic heterocycles. The highest BCUT2D eigenvalue weighted by Crippen LogP contribution is 2.33. The van der Waals surface area contributed by atoms with Crippen LogP contribution in [0.25, 0.3) is 0 Å². The van der Waals surface area contributed by atoms with Crippen molar-refractivity contribution in [2.75, 3.05) is 6.61 Å². The van der Waals surface area contributed by atoms with Gasteiger partial charge in [0.25, 0.3) is 5.79 Å². The summed E-state index contributed by atoms with van der Waals surface area (Å²) in [5.41, 5.74) is 0. The normalized spacial score (nSPS) is 35.8. The van der Waals surface area contributed by atoms with Crippen LogP contribution in [0.5, 0.6) is 0 Å². The first kappa shape index (κ1) is 18.5. The molecule has 3 unspecified atom stereocenters. The Labute approximate surface area is 134 Å². The molecular weight excluding hydrogens is 401 g/mol. The number of aliphatic hydroxyl groups excluding tert-OH is 3. The number of aliphatic carboxylic acids is 1. The summed E-state index contributed by atoms with van der Waals surface area (Å²) in [6, 6.07) is -1.02. The molecule has 122 valence electrons. The van der Waals surface area contributed by atoms with Crippen LogP contribution in [-0.4, -0.2) is 78.1 Å². The number of hydrogen-bond acceptors (Lipinski definition) is 7. The number of carboxylic acid groups (broad SMARTS) is 1. The first-order valence-electron chi connectivity index (χ1n) is 6.14. The molecule has 6 N–H and O–H groups in total. The lowest BCUT2D eigenvalue weighted by atomic mass is 9.90. The third kappa shape index (κ3) is 4.23. The van der Waals surface area contributed by atoms with Gasteiger partial charge in [0.15, 0.2) is 0 Å². The van der Waals surface area contributed by atoms with E-state index in [9.17, 15) is 24.9 Å². The number of alkyl halides is 1. The van der Waals surface area contributed by atoms with E-state index in [-0.39, 0.29) is 0 Å². The fourth-order valence-corrected chi connectivity index (χ4v) is 2.93. The van der Waals surface area contributed by atoms with Crippen LogP contribution in [-0.2, 0) is 14.3 Å². The van der Waals surface area contributed by atoms with Gasteiger partial charge in [-0.05, 0) is 0 Å². The average Bonchev–Trinajstić information content (AvgIpc) is 2.39. The second-order valence-corrected chi connectivity index (χ2v) is 6.30. The molecule has 0 saturated carbocycles. The topological polar surface area (TPSA) is 157 Å². The van der Waals surface area contributed by atoms with E-state index in [0.29, 0.717) is 0 Å². The Hall–Kier alpha value is -0.530. The van der Waals surface area contributed by atoms with Crippen molar-refractivity contribution >= 4 is 34.5 Å². The van der Waals surface area contributed by atoms with Crippen LogP contribution < -0.4 is 5.32 Å². The highest BCUT2D eigenvalue weighted by molar-refractivity contribution is 14.1. The van der Waals surface area contributed by atoms with E-state index in [2.05, 4.69) is 5.32 Å². The van der Waals surface area contributed by atoms with E-state index in [0.717, 1.165) is 0 Å². The van der Waals surface area contributed by atoms with Gasteiger partial charge in [0.05, 0.1) is 34.9 Å². The fraction of sp³-hybridized carbons (Fsp3) is 0.818. The molecule has 1 aliphatic rings. The third-order valence-electron chi connectivity index (χ3n) is 3.16. The number of carbonyl (C=O) groups is 2. The lowest BCUT2D eigenvalue weighted by molar-refractivity contribution is -0.277. The van der Waals surface area contributed by atoms with E-state index in [1.165, 1.54) is 6.92 Å². The maximum atomic E-state index is 11.2. The smallest absolute Gasteiger partial charge is 0.364 e. The zero-order valence-electron chi connectivity index (χ0n) is 11.1. The lowest BCUT2D eigenvalue weighted by Gasteiger charge is -2.44. The third-order valence-corrected chi connectivity index (χ3v) is 4.70. The Morgan fingerprint density at radius 3 is 2.52 bits per heavy atom. The minimum Gasteiger partial charge on any atom is -0.477 e. The molecule has 1 heterocycles. The molecule has 0 aromatic rings. The van der Waals surface area contributed by atoms with Crippen molar-refractivity contribution in [3.63, 3.8) is 0 Å². The Balaban J connectivity index is 3.07. The van der Waals surface area contributed by atoms with E-state index in [4.69, 9.17) is 14.9 Å². The number of ether oxygens (including phenoxy) is 1. The number of rotatable bonds is 5. The lowest BCUT2D eigenvalue weighted by Crippen LogP contribution is -2.66. The van der Waals surface area contributed by atoms with Crippen molar-refractivity contribution in [2.24, 2.45) is 0 Å². The van der Waals surface area contributed by atoms with E-state index in [1.807, 2.05) is 0 Å². The molecule has 10 heteroatoms.